The minimum absolute atomic E-state index is 0.0371. The highest BCUT2D eigenvalue weighted by atomic mass is 16.6. The van der Waals surface area contributed by atoms with Crippen LogP contribution in [-0.2, 0) is 4.74 Å². The van der Waals surface area contributed by atoms with Crippen LogP contribution in [0.5, 0.6) is 0 Å². The van der Waals surface area contributed by atoms with Crippen LogP contribution in [0.25, 0.3) is 0 Å². The Morgan fingerprint density at radius 2 is 1.75 bits per heavy atom. The molecule has 0 heterocycles. The van der Waals surface area contributed by atoms with Crippen molar-refractivity contribution >= 4 is 0 Å². The van der Waals surface area contributed by atoms with Gasteiger partial charge >= 0.3 is 0 Å². The van der Waals surface area contributed by atoms with Crippen molar-refractivity contribution in [2.45, 2.75) is 67.1 Å². The lowest BCUT2D eigenvalue weighted by Crippen LogP contribution is -2.37. The average Bonchev–Trinajstić information content (AvgIpc) is 2.28. The lowest BCUT2D eigenvalue weighted by molar-refractivity contribution is -0.165. The molecule has 0 rings (SSSR count). The molecule has 0 saturated heterocycles. The molecule has 1 N–H and O–H groups in total. The van der Waals surface area contributed by atoms with Gasteiger partial charge in [-0.3, -0.25) is 0 Å². The lowest BCUT2D eigenvalue weighted by Gasteiger charge is -2.38. The molecule has 0 amide bonds. The molecular weight excluding hydrogens is 248 g/mol. The number of hydrogen-bond acceptors (Lipinski definition) is 2. The predicted molar refractivity (Wildman–Crippen MR) is 87.5 cm³/mol. The van der Waals surface area contributed by atoms with Crippen molar-refractivity contribution in [2.75, 3.05) is 6.61 Å². The molecule has 20 heavy (non-hydrogen) atoms. The molecule has 0 bridgehead atoms. The van der Waals surface area contributed by atoms with Crippen LogP contribution in [0.2, 0.25) is 0 Å². The smallest absolute Gasteiger partial charge is 0.157 e. The third-order valence-electron chi connectivity index (χ3n) is 3.36. The van der Waals surface area contributed by atoms with Gasteiger partial charge in [0.25, 0.3) is 0 Å². The van der Waals surface area contributed by atoms with Gasteiger partial charge in [-0.05, 0) is 30.1 Å². The van der Waals surface area contributed by atoms with E-state index in [0.717, 1.165) is 19.3 Å². The summed E-state index contributed by atoms with van der Waals surface area (Å²) in [7, 11) is 0. The van der Waals surface area contributed by atoms with Gasteiger partial charge in [0.05, 0.1) is 6.61 Å². The molecule has 0 saturated carbocycles. The summed E-state index contributed by atoms with van der Waals surface area (Å²) < 4.78 is 5.65. The number of hydrogen-bond donors (Lipinski definition) is 1. The summed E-state index contributed by atoms with van der Waals surface area (Å²) in [6.45, 7) is 17.4. The van der Waals surface area contributed by atoms with Crippen molar-refractivity contribution in [3.63, 3.8) is 0 Å². The van der Waals surface area contributed by atoms with E-state index in [1.807, 2.05) is 6.08 Å². The van der Waals surface area contributed by atoms with Crippen molar-refractivity contribution < 1.29 is 9.84 Å². The summed E-state index contributed by atoms with van der Waals surface area (Å²) in [5.74, 6) is 0.145. The van der Waals surface area contributed by atoms with Crippen LogP contribution in [-0.4, -0.2) is 18.0 Å². The average molecular weight is 282 g/mol. The maximum atomic E-state index is 10.4. The minimum atomic E-state index is -0.683. The first-order valence-electron chi connectivity index (χ1n) is 7.65. The molecule has 118 valence electrons. The van der Waals surface area contributed by atoms with Crippen molar-refractivity contribution in [2.24, 2.45) is 16.7 Å². The van der Waals surface area contributed by atoms with E-state index < -0.39 is 6.29 Å². The van der Waals surface area contributed by atoms with Crippen molar-refractivity contribution in [1.82, 2.24) is 0 Å². The fourth-order valence-electron chi connectivity index (χ4n) is 2.21. The second-order valence-corrected chi connectivity index (χ2v) is 7.80. The number of allylic oxidation sites excluding steroid dienone is 3. The van der Waals surface area contributed by atoms with Crippen LogP contribution in [0, 0.1) is 16.7 Å². The Morgan fingerprint density at radius 1 is 1.15 bits per heavy atom. The topological polar surface area (TPSA) is 29.5 Å². The summed E-state index contributed by atoms with van der Waals surface area (Å²) in [5.41, 5.74) is 0.227. The van der Waals surface area contributed by atoms with Gasteiger partial charge in [0.2, 0.25) is 0 Å². The Bertz CT molecular complexity index is 292. The predicted octanol–water partition coefficient (Wildman–Crippen LogP) is 4.94. The normalized spacial score (nSPS) is 16.4. The van der Waals surface area contributed by atoms with E-state index >= 15 is 0 Å². The van der Waals surface area contributed by atoms with Crippen molar-refractivity contribution in [3.05, 3.63) is 24.8 Å². The summed E-state index contributed by atoms with van der Waals surface area (Å²) in [6.07, 6.45) is 7.93. The Hall–Kier alpha value is -0.600. The third kappa shape index (κ3) is 9.33. The molecule has 0 aromatic carbocycles. The van der Waals surface area contributed by atoms with E-state index in [-0.39, 0.29) is 16.7 Å². The van der Waals surface area contributed by atoms with E-state index in [1.165, 1.54) is 0 Å². The lowest BCUT2D eigenvalue weighted by atomic mass is 9.72. The largest absolute Gasteiger partial charge is 0.368 e. The van der Waals surface area contributed by atoms with Gasteiger partial charge in [0.15, 0.2) is 6.29 Å². The molecule has 0 aliphatic carbocycles. The van der Waals surface area contributed by atoms with Gasteiger partial charge in [0, 0.05) is 5.92 Å². The zero-order valence-corrected chi connectivity index (χ0v) is 14.3. The Kier molecular flexibility index (Phi) is 8.38. The van der Waals surface area contributed by atoms with Gasteiger partial charge in [-0.25, -0.2) is 0 Å². The monoisotopic (exact) mass is 282 g/mol. The summed E-state index contributed by atoms with van der Waals surface area (Å²) >= 11 is 0. The van der Waals surface area contributed by atoms with E-state index in [2.05, 4.69) is 54.2 Å². The molecule has 0 aromatic heterocycles. The second-order valence-electron chi connectivity index (χ2n) is 7.80. The summed E-state index contributed by atoms with van der Waals surface area (Å²) in [5, 5.41) is 10.4. The first-order chi connectivity index (χ1) is 9.08. The number of unbranched alkanes of at least 4 members (excludes halogenated alkanes) is 1. The fraction of sp³-hybridized carbons (Fsp3) is 0.778. The first kappa shape index (κ1) is 19.4. The van der Waals surface area contributed by atoms with Gasteiger partial charge in [-0.1, -0.05) is 66.3 Å². The highest BCUT2D eigenvalue weighted by Gasteiger charge is 2.34. The zero-order chi connectivity index (χ0) is 15.8. The summed E-state index contributed by atoms with van der Waals surface area (Å²) in [6, 6.07) is 0. The standard InChI is InChI=1S/C18H34O2/c1-8-9-10-11-12-13-20-16(19)15(18(5,6)7)14-17(2,3)4/h8-10,15-16,19H,1,11-14H2,2-7H3/b10-9-/t15?,16-/m1/s1. The van der Waals surface area contributed by atoms with E-state index in [1.54, 1.807) is 6.08 Å². The maximum absolute atomic E-state index is 10.4. The zero-order valence-electron chi connectivity index (χ0n) is 14.3. The number of rotatable bonds is 8. The molecule has 1 unspecified atom stereocenters. The fourth-order valence-corrected chi connectivity index (χ4v) is 2.21. The van der Waals surface area contributed by atoms with Gasteiger partial charge in [-0.15, -0.1) is 0 Å². The first-order valence-corrected chi connectivity index (χ1v) is 7.65. The number of ether oxygens (including phenoxy) is 1. The Labute approximate surface area is 125 Å². The molecule has 0 aromatic rings. The van der Waals surface area contributed by atoms with Gasteiger partial charge in [0.1, 0.15) is 0 Å². The molecule has 0 spiro atoms. The minimum Gasteiger partial charge on any atom is -0.368 e. The van der Waals surface area contributed by atoms with Crippen molar-refractivity contribution in [3.8, 4) is 0 Å². The highest BCUT2D eigenvalue weighted by molar-refractivity contribution is 4.96. The van der Waals surface area contributed by atoms with E-state index in [4.69, 9.17) is 4.74 Å². The quantitative estimate of drug-likeness (QED) is 0.388. The number of aliphatic hydroxyl groups excluding tert-OH is 1. The van der Waals surface area contributed by atoms with Gasteiger partial charge in [-0.2, -0.15) is 0 Å². The molecule has 2 nitrogen and oxygen atoms in total. The Morgan fingerprint density at radius 3 is 2.20 bits per heavy atom. The van der Waals surface area contributed by atoms with E-state index in [9.17, 15) is 5.11 Å². The third-order valence-corrected chi connectivity index (χ3v) is 3.36. The van der Waals surface area contributed by atoms with Crippen LogP contribution in [0.15, 0.2) is 24.8 Å². The Balaban J connectivity index is 4.32. The molecular formula is C18H34O2. The van der Waals surface area contributed by atoms with Crippen LogP contribution in [0.1, 0.15) is 60.8 Å². The molecule has 2 atom stereocenters. The maximum Gasteiger partial charge on any atom is 0.157 e. The molecule has 0 radical (unpaired) electrons. The van der Waals surface area contributed by atoms with Crippen LogP contribution < -0.4 is 0 Å². The van der Waals surface area contributed by atoms with Crippen LogP contribution >= 0.6 is 0 Å². The molecule has 0 aliphatic rings. The SMILES string of the molecule is C=C/C=C\CCCO[C@@H](O)C(CC(C)(C)C)C(C)(C)C. The van der Waals surface area contributed by atoms with Crippen LogP contribution in [0.3, 0.4) is 0 Å². The van der Waals surface area contributed by atoms with Crippen molar-refractivity contribution in [1.29, 1.82) is 0 Å². The molecule has 0 fully saturated rings. The molecule has 0 aliphatic heterocycles. The van der Waals surface area contributed by atoms with Gasteiger partial charge < -0.3 is 9.84 Å². The summed E-state index contributed by atoms with van der Waals surface area (Å²) in [4.78, 5) is 0. The van der Waals surface area contributed by atoms with Crippen LogP contribution in [0.4, 0.5) is 0 Å². The van der Waals surface area contributed by atoms with E-state index in [0.29, 0.717) is 6.61 Å². The molecule has 2 heteroatoms. The highest BCUT2D eigenvalue weighted by Crippen LogP contribution is 2.38. The number of aliphatic hydroxyl groups is 1. The second kappa shape index (κ2) is 8.63.